The molecule has 0 aliphatic carbocycles. The van der Waals surface area contributed by atoms with Gasteiger partial charge in [-0.2, -0.15) is 0 Å². The van der Waals surface area contributed by atoms with Crippen molar-refractivity contribution in [1.29, 1.82) is 0 Å². The van der Waals surface area contributed by atoms with Gasteiger partial charge in [-0.25, -0.2) is 0 Å². The summed E-state index contributed by atoms with van der Waals surface area (Å²) < 4.78 is 4.39. The number of carbonyl (C=O) groups is 3. The van der Waals surface area contributed by atoms with E-state index in [1.807, 2.05) is 0 Å². The maximum absolute atomic E-state index is 10.5. The first-order valence-corrected chi connectivity index (χ1v) is 3.28. The molecule has 11 heavy (non-hydrogen) atoms. The number of hydrogen-bond acceptors (Lipinski definition) is 4. The van der Waals surface area contributed by atoms with E-state index in [1.165, 1.54) is 20.8 Å². The number of carboxylic acids is 1. The summed E-state index contributed by atoms with van der Waals surface area (Å²) in [6, 6.07) is 0. The summed E-state index contributed by atoms with van der Waals surface area (Å²) in [5.74, 6) is -3.22. The van der Waals surface area contributed by atoms with E-state index in [-0.39, 0.29) is 6.61 Å². The Labute approximate surface area is 74.6 Å². The number of Topliss-reactive ketones (excluding diaryl/α,β-unsaturated/α-hetero) is 2. The molecule has 0 fully saturated rings. The number of aliphatic carboxylic acids is 1. The van der Waals surface area contributed by atoms with E-state index >= 15 is 0 Å². The molecule has 5 nitrogen and oxygen atoms in total. The molecule has 59 valence electrons. The van der Waals surface area contributed by atoms with Gasteiger partial charge in [0.25, 0.3) is 0 Å². The molecule has 0 aliphatic rings. The fourth-order valence-corrected chi connectivity index (χ4v) is 0.638. The molecule has 0 unspecified atom stereocenters. The van der Waals surface area contributed by atoms with E-state index in [0.29, 0.717) is 0 Å². The first-order valence-electron chi connectivity index (χ1n) is 2.64. The van der Waals surface area contributed by atoms with E-state index in [4.69, 9.17) is 5.11 Å². The van der Waals surface area contributed by atoms with Crippen LogP contribution in [0.25, 0.3) is 0 Å². The average molecular weight is 193 g/mol. The summed E-state index contributed by atoms with van der Waals surface area (Å²) in [7, 11) is 0. The molecule has 0 aromatic carbocycles. The van der Waals surface area contributed by atoms with Gasteiger partial charge in [0.2, 0.25) is 0 Å². The van der Waals surface area contributed by atoms with Gasteiger partial charge in [-0.05, 0) is 0 Å². The Morgan fingerprint density at radius 1 is 1.36 bits per heavy atom. The quantitative estimate of drug-likeness (QED) is 0.346. The third-order valence-corrected chi connectivity index (χ3v) is 1.05. The van der Waals surface area contributed by atoms with Gasteiger partial charge in [0, 0.05) is 0 Å². The molecule has 1 N–H and O–H groups in total. The number of hydrogen-bond donors (Lipinski definition) is 1. The van der Waals surface area contributed by atoms with E-state index in [1.54, 1.807) is 0 Å². The summed E-state index contributed by atoms with van der Waals surface area (Å²) in [4.78, 5) is 30.8. The molecule has 0 bridgehead atoms. The van der Waals surface area contributed by atoms with E-state index in [9.17, 15) is 14.4 Å². The van der Waals surface area contributed by atoms with Crippen LogP contribution in [0.15, 0.2) is 0 Å². The van der Waals surface area contributed by atoms with Crippen molar-refractivity contribution in [2.75, 3.05) is 6.61 Å². The fraction of sp³-hybridized carbons (Fsp3) is 0.400. The monoisotopic (exact) mass is 193 g/mol. The Bertz CT molecular complexity index is 187. The SMILES string of the molecule is O=C(C[O][Ti])CC(=O)C(=O)O. The van der Waals surface area contributed by atoms with Crippen LogP contribution >= 0.6 is 0 Å². The molecular formula is C5H5O5Ti. The van der Waals surface area contributed by atoms with Crippen molar-refractivity contribution in [3.05, 3.63) is 0 Å². The molecule has 6 heteroatoms. The summed E-state index contributed by atoms with van der Waals surface area (Å²) in [6.07, 6.45) is -0.594. The minimum atomic E-state index is -1.59. The Balaban J connectivity index is 3.76. The maximum atomic E-state index is 10.5. The van der Waals surface area contributed by atoms with E-state index < -0.39 is 24.0 Å². The molecular weight excluding hydrogens is 188 g/mol. The second kappa shape index (κ2) is 5.18. The van der Waals surface area contributed by atoms with E-state index in [2.05, 4.69) is 3.32 Å². The van der Waals surface area contributed by atoms with Gasteiger partial charge < -0.3 is 0 Å². The number of carboxylic acid groups (broad SMARTS) is 1. The standard InChI is InChI=1S/C5H5O5.Ti/c6-2-3(7)1-4(8)5(9)10;/h1-2H2,(H,9,10);/q-1;+1. The third kappa shape index (κ3) is 4.83. The molecule has 0 aromatic rings. The van der Waals surface area contributed by atoms with Crippen LogP contribution in [-0.2, 0) is 38.5 Å². The summed E-state index contributed by atoms with van der Waals surface area (Å²) in [5.41, 5.74) is 0. The molecule has 0 saturated carbocycles. The fourth-order valence-electron chi connectivity index (χ4n) is 0.386. The molecule has 0 heterocycles. The molecule has 0 aliphatic heterocycles. The second-order valence-electron chi connectivity index (χ2n) is 1.73. The van der Waals surface area contributed by atoms with Crippen LogP contribution in [0.5, 0.6) is 0 Å². The summed E-state index contributed by atoms with van der Waals surface area (Å²) >= 11 is 1.29. The van der Waals surface area contributed by atoms with Gasteiger partial charge in [-0.1, -0.05) is 0 Å². The van der Waals surface area contributed by atoms with Gasteiger partial charge in [0.05, 0.1) is 0 Å². The molecule has 0 spiro atoms. The zero-order valence-electron chi connectivity index (χ0n) is 5.49. The molecule has 0 aromatic heterocycles. The van der Waals surface area contributed by atoms with Crippen LogP contribution in [0.3, 0.4) is 0 Å². The van der Waals surface area contributed by atoms with Crippen LogP contribution < -0.4 is 0 Å². The average Bonchev–Trinajstić information content (AvgIpc) is 1.87. The van der Waals surface area contributed by atoms with Crippen LogP contribution in [0.1, 0.15) is 6.42 Å². The molecule has 0 atom stereocenters. The number of carbonyl (C=O) groups excluding carboxylic acids is 2. The summed E-state index contributed by atoms with van der Waals surface area (Å²) in [5, 5.41) is 8.06. The second-order valence-corrected chi connectivity index (χ2v) is 2.18. The van der Waals surface area contributed by atoms with Crippen molar-refractivity contribution in [2.24, 2.45) is 0 Å². The van der Waals surface area contributed by atoms with Crippen LogP contribution in [0.4, 0.5) is 0 Å². The number of ketones is 2. The van der Waals surface area contributed by atoms with Gasteiger partial charge in [0.1, 0.15) is 0 Å². The zero-order valence-corrected chi connectivity index (χ0v) is 7.06. The minimum absolute atomic E-state index is 0.223. The Kier molecular flexibility index (Phi) is 4.93. The van der Waals surface area contributed by atoms with Gasteiger partial charge in [-0.3, -0.25) is 0 Å². The third-order valence-electron chi connectivity index (χ3n) is 0.829. The Morgan fingerprint density at radius 3 is 2.27 bits per heavy atom. The van der Waals surface area contributed by atoms with Crippen molar-refractivity contribution in [2.45, 2.75) is 6.42 Å². The van der Waals surface area contributed by atoms with Gasteiger partial charge >= 0.3 is 74.2 Å². The van der Waals surface area contributed by atoms with Crippen LogP contribution in [0.2, 0.25) is 0 Å². The summed E-state index contributed by atoms with van der Waals surface area (Å²) in [6.45, 7) is -0.223. The van der Waals surface area contributed by atoms with Crippen molar-refractivity contribution >= 4 is 17.5 Å². The molecule has 0 rings (SSSR count). The Hall–Kier alpha value is -0.516. The van der Waals surface area contributed by atoms with Gasteiger partial charge in [0.15, 0.2) is 0 Å². The van der Waals surface area contributed by atoms with Crippen LogP contribution in [-0.4, -0.2) is 29.2 Å². The normalized spacial score (nSPS) is 9.00. The first kappa shape index (κ1) is 10.5. The Morgan fingerprint density at radius 2 is 1.91 bits per heavy atom. The predicted octanol–water partition coefficient (Wildman–Crippen LogP) is -0.922. The van der Waals surface area contributed by atoms with Gasteiger partial charge in [-0.15, -0.1) is 0 Å². The number of rotatable bonds is 5. The predicted molar refractivity (Wildman–Crippen MR) is 28.2 cm³/mol. The first-order chi connectivity index (χ1) is 5.07. The van der Waals surface area contributed by atoms with Crippen molar-refractivity contribution in [1.82, 2.24) is 0 Å². The van der Waals surface area contributed by atoms with Crippen molar-refractivity contribution < 1.29 is 43.6 Å². The van der Waals surface area contributed by atoms with Crippen molar-refractivity contribution in [3.8, 4) is 0 Å². The zero-order chi connectivity index (χ0) is 8.85. The molecule has 0 amide bonds. The molecule has 0 saturated heterocycles. The van der Waals surface area contributed by atoms with E-state index in [0.717, 1.165) is 0 Å². The topological polar surface area (TPSA) is 80.7 Å². The van der Waals surface area contributed by atoms with Crippen molar-refractivity contribution in [3.63, 3.8) is 0 Å². The van der Waals surface area contributed by atoms with Crippen LogP contribution in [0, 0.1) is 0 Å². The molecule has 0 radical (unpaired) electrons.